The van der Waals surface area contributed by atoms with Crippen LogP contribution in [0.5, 0.6) is 0 Å². The van der Waals surface area contributed by atoms with Gasteiger partial charge in [0.25, 0.3) is 0 Å². The van der Waals surface area contributed by atoms with E-state index in [1.807, 2.05) is 7.05 Å². The summed E-state index contributed by atoms with van der Waals surface area (Å²) in [6, 6.07) is 9.01. The third-order valence-corrected chi connectivity index (χ3v) is 3.80. The second-order valence-electron chi connectivity index (χ2n) is 4.95. The maximum Gasteiger partial charge on any atom is 0.219 e. The number of benzene rings is 1. The molecule has 1 unspecified atom stereocenters. The Bertz CT molecular complexity index is 433. The van der Waals surface area contributed by atoms with Crippen molar-refractivity contribution in [3.8, 4) is 0 Å². The highest BCUT2D eigenvalue weighted by molar-refractivity contribution is 5.75. The Morgan fingerprint density at radius 1 is 1.37 bits per heavy atom. The topological polar surface area (TPSA) is 44.4 Å². The minimum Gasteiger partial charge on any atom is -0.371 e. The fourth-order valence-electron chi connectivity index (χ4n) is 2.72. The van der Waals surface area contributed by atoms with Gasteiger partial charge in [0.15, 0.2) is 0 Å². The van der Waals surface area contributed by atoms with Crippen molar-refractivity contribution in [3.63, 3.8) is 0 Å². The number of carbonyl (C=O) groups is 1. The zero-order valence-corrected chi connectivity index (χ0v) is 11.8. The Kier molecular flexibility index (Phi) is 4.80. The molecule has 19 heavy (non-hydrogen) atoms. The molecule has 1 aromatic rings. The van der Waals surface area contributed by atoms with Crippen molar-refractivity contribution in [2.45, 2.75) is 25.3 Å². The zero-order valence-electron chi connectivity index (χ0n) is 11.8. The first-order valence-corrected chi connectivity index (χ1v) is 6.98. The first-order chi connectivity index (χ1) is 9.26. The van der Waals surface area contributed by atoms with E-state index in [0.717, 1.165) is 25.9 Å². The van der Waals surface area contributed by atoms with Gasteiger partial charge in [-0.25, -0.2) is 0 Å². The summed E-state index contributed by atoms with van der Waals surface area (Å²) in [6.45, 7) is 2.00. The summed E-state index contributed by atoms with van der Waals surface area (Å²) >= 11 is 0. The minimum atomic E-state index is 0.124. The predicted octanol–water partition coefficient (Wildman–Crippen LogP) is 1.68. The summed E-state index contributed by atoms with van der Waals surface area (Å²) in [6.07, 6.45) is 2.62. The lowest BCUT2D eigenvalue weighted by molar-refractivity contribution is -0.120. The molecule has 0 radical (unpaired) electrons. The van der Waals surface area contributed by atoms with Gasteiger partial charge in [0.1, 0.15) is 0 Å². The lowest BCUT2D eigenvalue weighted by Gasteiger charge is -2.35. The van der Waals surface area contributed by atoms with Gasteiger partial charge in [0.05, 0.1) is 0 Å². The van der Waals surface area contributed by atoms with E-state index >= 15 is 0 Å². The number of nitrogens with zero attached hydrogens (tertiary/aromatic N) is 1. The molecule has 1 atom stereocenters. The number of hydrogen-bond acceptors (Lipinski definition) is 3. The van der Waals surface area contributed by atoms with Crippen molar-refractivity contribution in [1.29, 1.82) is 0 Å². The lowest BCUT2D eigenvalue weighted by atomic mass is 9.96. The molecule has 1 aromatic carbocycles. The highest BCUT2D eigenvalue weighted by Crippen LogP contribution is 2.33. The average molecular weight is 261 g/mol. The van der Waals surface area contributed by atoms with Crippen molar-refractivity contribution in [2.24, 2.45) is 0 Å². The molecule has 0 saturated heterocycles. The molecule has 1 heterocycles. The van der Waals surface area contributed by atoms with Crippen LogP contribution in [0, 0.1) is 0 Å². The quantitative estimate of drug-likeness (QED) is 0.847. The fraction of sp³-hybridized carbons (Fsp3) is 0.533. The average Bonchev–Trinajstić information content (AvgIpc) is 2.47. The van der Waals surface area contributed by atoms with Crippen LogP contribution in [0.1, 0.15) is 30.9 Å². The van der Waals surface area contributed by atoms with E-state index in [4.69, 9.17) is 0 Å². The van der Waals surface area contributed by atoms with E-state index in [1.165, 1.54) is 11.3 Å². The van der Waals surface area contributed by atoms with Crippen molar-refractivity contribution < 1.29 is 4.79 Å². The Morgan fingerprint density at radius 2 is 2.16 bits per heavy atom. The number of anilines is 1. The molecule has 0 spiro atoms. The van der Waals surface area contributed by atoms with Gasteiger partial charge in [-0.1, -0.05) is 18.2 Å². The van der Waals surface area contributed by atoms with Crippen LogP contribution in [0.25, 0.3) is 0 Å². The first-order valence-electron chi connectivity index (χ1n) is 6.98. The third kappa shape index (κ3) is 3.26. The van der Waals surface area contributed by atoms with Crippen LogP contribution < -0.4 is 15.5 Å². The van der Waals surface area contributed by atoms with Gasteiger partial charge in [-0.05, 0) is 31.5 Å². The largest absolute Gasteiger partial charge is 0.371 e. The van der Waals surface area contributed by atoms with Crippen LogP contribution in [0.3, 0.4) is 0 Å². The number of nitrogens with one attached hydrogen (secondary N) is 2. The molecule has 0 aliphatic carbocycles. The van der Waals surface area contributed by atoms with E-state index < -0.39 is 0 Å². The molecule has 0 aromatic heterocycles. The van der Waals surface area contributed by atoms with Crippen molar-refractivity contribution >= 4 is 11.6 Å². The fourth-order valence-corrected chi connectivity index (χ4v) is 2.72. The lowest BCUT2D eigenvalue weighted by Crippen LogP contribution is -2.35. The molecule has 0 saturated carbocycles. The summed E-state index contributed by atoms with van der Waals surface area (Å²) in [4.78, 5) is 13.7. The van der Waals surface area contributed by atoms with Crippen LogP contribution in [0.15, 0.2) is 24.3 Å². The van der Waals surface area contributed by atoms with Crippen molar-refractivity contribution in [1.82, 2.24) is 10.6 Å². The highest BCUT2D eigenvalue weighted by atomic mass is 16.1. The Balaban J connectivity index is 2.01. The molecule has 104 valence electrons. The van der Waals surface area contributed by atoms with E-state index in [9.17, 15) is 4.79 Å². The Hall–Kier alpha value is -1.55. The monoisotopic (exact) mass is 261 g/mol. The van der Waals surface area contributed by atoms with Crippen LogP contribution in [-0.2, 0) is 4.79 Å². The molecule has 0 fully saturated rings. The van der Waals surface area contributed by atoms with Gasteiger partial charge in [0.2, 0.25) is 5.91 Å². The van der Waals surface area contributed by atoms with Crippen LogP contribution in [0.2, 0.25) is 0 Å². The number of hydrogen-bond donors (Lipinski definition) is 2. The van der Waals surface area contributed by atoms with Crippen molar-refractivity contribution in [2.75, 3.05) is 32.1 Å². The third-order valence-electron chi connectivity index (χ3n) is 3.80. The maximum absolute atomic E-state index is 11.3. The van der Waals surface area contributed by atoms with Gasteiger partial charge in [-0.3, -0.25) is 4.79 Å². The van der Waals surface area contributed by atoms with Crippen LogP contribution in [0.4, 0.5) is 5.69 Å². The second-order valence-corrected chi connectivity index (χ2v) is 4.95. The smallest absolute Gasteiger partial charge is 0.219 e. The van der Waals surface area contributed by atoms with E-state index in [2.05, 4.69) is 39.8 Å². The first kappa shape index (κ1) is 13.9. The second kappa shape index (κ2) is 6.57. The SMILES string of the molecule is CNC(=O)CCCN1CCC(NC)c2ccccc21. The molecule has 1 amide bonds. The molecule has 1 aliphatic rings. The summed E-state index contributed by atoms with van der Waals surface area (Å²) in [7, 11) is 3.71. The van der Waals surface area contributed by atoms with Crippen LogP contribution in [-0.4, -0.2) is 33.1 Å². The molecule has 0 bridgehead atoms. The van der Waals surface area contributed by atoms with Gasteiger partial charge < -0.3 is 15.5 Å². The van der Waals surface area contributed by atoms with Gasteiger partial charge >= 0.3 is 0 Å². The number of rotatable bonds is 5. The normalized spacial score (nSPS) is 18.0. The molecule has 1 aliphatic heterocycles. The van der Waals surface area contributed by atoms with Crippen molar-refractivity contribution in [3.05, 3.63) is 29.8 Å². The number of para-hydroxylation sites is 1. The standard InChI is InChI=1S/C15H23N3O/c1-16-13-9-11-18(10-5-8-15(19)17-2)14-7-4-3-6-12(13)14/h3-4,6-7,13,16H,5,8-11H2,1-2H3,(H,17,19). The Labute approximate surface area is 115 Å². The van der Waals surface area contributed by atoms with E-state index in [-0.39, 0.29) is 5.91 Å². The molecule has 4 nitrogen and oxygen atoms in total. The summed E-state index contributed by atoms with van der Waals surface area (Å²) in [5, 5.41) is 6.04. The molecule has 2 rings (SSSR count). The summed E-state index contributed by atoms with van der Waals surface area (Å²) in [5.74, 6) is 0.124. The maximum atomic E-state index is 11.3. The van der Waals surface area contributed by atoms with Gasteiger partial charge in [0, 0.05) is 38.3 Å². The van der Waals surface area contributed by atoms with Crippen LogP contribution >= 0.6 is 0 Å². The van der Waals surface area contributed by atoms with E-state index in [0.29, 0.717) is 12.5 Å². The molecular weight excluding hydrogens is 238 g/mol. The zero-order chi connectivity index (χ0) is 13.7. The number of amides is 1. The van der Waals surface area contributed by atoms with Gasteiger partial charge in [-0.2, -0.15) is 0 Å². The summed E-state index contributed by atoms with van der Waals surface area (Å²) < 4.78 is 0. The minimum absolute atomic E-state index is 0.124. The number of fused-ring (bicyclic) bond motifs is 1. The highest BCUT2D eigenvalue weighted by Gasteiger charge is 2.23. The van der Waals surface area contributed by atoms with E-state index in [1.54, 1.807) is 7.05 Å². The Morgan fingerprint density at radius 3 is 2.89 bits per heavy atom. The van der Waals surface area contributed by atoms with Gasteiger partial charge in [-0.15, -0.1) is 0 Å². The molecule has 4 heteroatoms. The summed E-state index contributed by atoms with van der Waals surface area (Å²) in [5.41, 5.74) is 2.68. The number of carbonyl (C=O) groups excluding carboxylic acids is 1. The predicted molar refractivity (Wildman–Crippen MR) is 78.4 cm³/mol. The molecule has 2 N–H and O–H groups in total. The molecular formula is C15H23N3O.